The Kier molecular flexibility index (Phi) is 4.47. The van der Waals surface area contributed by atoms with Crippen molar-refractivity contribution in [2.24, 2.45) is 0 Å². The number of aromatic carboxylic acids is 1. The molecule has 7 heteroatoms. The summed E-state index contributed by atoms with van der Waals surface area (Å²) < 4.78 is 0.549. The smallest absolute Gasteiger partial charge is 0.338 e. The number of hydrogen-bond acceptors (Lipinski definition) is 3. The van der Waals surface area contributed by atoms with E-state index in [1.165, 1.54) is 17.4 Å². The number of carboxylic acid groups (broad SMARTS) is 1. The van der Waals surface area contributed by atoms with Gasteiger partial charge in [0, 0.05) is 14.4 Å². The van der Waals surface area contributed by atoms with Crippen molar-refractivity contribution in [3.8, 4) is 0 Å². The summed E-state index contributed by atoms with van der Waals surface area (Å²) in [4.78, 5) is 24.1. The molecule has 2 rings (SSSR count). The first-order valence-electron chi connectivity index (χ1n) is 5.48. The van der Waals surface area contributed by atoms with Crippen molar-refractivity contribution in [1.82, 2.24) is 0 Å². The Balaban J connectivity index is 2.30. The van der Waals surface area contributed by atoms with E-state index in [2.05, 4.69) is 21.2 Å². The van der Waals surface area contributed by atoms with Crippen LogP contribution in [0.15, 0.2) is 28.7 Å². The maximum absolute atomic E-state index is 12.2. The molecule has 0 unspecified atom stereocenters. The molecule has 1 aromatic heterocycles. The predicted octanol–water partition coefficient (Wildman–Crippen LogP) is 4.42. The van der Waals surface area contributed by atoms with E-state index in [1.54, 1.807) is 25.1 Å². The Morgan fingerprint density at radius 3 is 2.60 bits per heavy atom. The predicted molar refractivity (Wildman–Crippen MR) is 83.1 cm³/mol. The number of anilines is 1. The van der Waals surface area contributed by atoms with E-state index in [9.17, 15) is 9.59 Å². The third-order valence-electron chi connectivity index (χ3n) is 2.49. The van der Waals surface area contributed by atoms with Gasteiger partial charge in [-0.3, -0.25) is 4.79 Å². The zero-order valence-corrected chi connectivity index (χ0v) is 13.4. The van der Waals surface area contributed by atoms with Crippen LogP contribution in [0.1, 0.15) is 25.6 Å². The van der Waals surface area contributed by atoms with Crippen LogP contribution < -0.4 is 5.32 Å². The second kappa shape index (κ2) is 5.95. The van der Waals surface area contributed by atoms with Crippen LogP contribution in [-0.2, 0) is 0 Å². The lowest BCUT2D eigenvalue weighted by Gasteiger charge is -2.06. The second-order valence-corrected chi connectivity index (χ2v) is 6.53. The van der Waals surface area contributed by atoms with Crippen LogP contribution >= 0.6 is 38.9 Å². The number of halogens is 2. The molecule has 20 heavy (non-hydrogen) atoms. The van der Waals surface area contributed by atoms with Crippen LogP contribution in [0.25, 0.3) is 0 Å². The fraction of sp³-hybridized carbons (Fsp3) is 0.0769. The van der Waals surface area contributed by atoms with Crippen LogP contribution in [0.5, 0.6) is 0 Å². The molecule has 1 heterocycles. The standard InChI is InChI=1S/C13H9BrClNO3S/c1-6-4-9(13(18)19)12(20-6)16-11(17)8-3-2-7(15)5-10(8)14/h2-5H,1H3,(H,16,17)(H,18,19). The summed E-state index contributed by atoms with van der Waals surface area (Å²) in [5.74, 6) is -1.46. The number of rotatable bonds is 3. The van der Waals surface area contributed by atoms with Gasteiger partial charge in [-0.1, -0.05) is 11.6 Å². The number of carbonyl (C=O) groups excluding carboxylic acids is 1. The average molecular weight is 375 g/mol. The molecule has 1 aromatic carbocycles. The molecule has 0 fully saturated rings. The average Bonchev–Trinajstić information content (AvgIpc) is 2.70. The highest BCUT2D eigenvalue weighted by Crippen LogP contribution is 2.29. The molecule has 4 nitrogen and oxygen atoms in total. The van der Waals surface area contributed by atoms with Gasteiger partial charge in [-0.25, -0.2) is 4.79 Å². The molecule has 0 atom stereocenters. The van der Waals surface area contributed by atoms with Gasteiger partial charge >= 0.3 is 5.97 Å². The van der Waals surface area contributed by atoms with Crippen LogP contribution in [-0.4, -0.2) is 17.0 Å². The minimum absolute atomic E-state index is 0.0888. The van der Waals surface area contributed by atoms with Gasteiger partial charge in [0.2, 0.25) is 0 Å². The van der Waals surface area contributed by atoms with Crippen LogP contribution in [0.4, 0.5) is 5.00 Å². The minimum atomic E-state index is -1.07. The van der Waals surface area contributed by atoms with Crippen molar-refractivity contribution in [3.63, 3.8) is 0 Å². The summed E-state index contributed by atoms with van der Waals surface area (Å²) in [6, 6.07) is 6.30. The molecule has 0 aliphatic heterocycles. The van der Waals surface area contributed by atoms with E-state index in [4.69, 9.17) is 16.7 Å². The summed E-state index contributed by atoms with van der Waals surface area (Å²) >= 11 is 10.3. The molecular formula is C13H9BrClNO3S. The van der Waals surface area contributed by atoms with Crippen molar-refractivity contribution in [2.75, 3.05) is 5.32 Å². The van der Waals surface area contributed by atoms with E-state index in [0.717, 1.165) is 4.88 Å². The van der Waals surface area contributed by atoms with Gasteiger partial charge in [0.25, 0.3) is 5.91 Å². The van der Waals surface area contributed by atoms with Crippen molar-refractivity contribution >= 4 is 55.7 Å². The molecule has 0 aliphatic carbocycles. The van der Waals surface area contributed by atoms with Gasteiger partial charge in [-0.2, -0.15) is 0 Å². The van der Waals surface area contributed by atoms with E-state index in [-0.39, 0.29) is 5.56 Å². The second-order valence-electron chi connectivity index (χ2n) is 3.98. The third-order valence-corrected chi connectivity index (χ3v) is 4.35. The van der Waals surface area contributed by atoms with E-state index >= 15 is 0 Å². The highest BCUT2D eigenvalue weighted by atomic mass is 79.9. The Morgan fingerprint density at radius 2 is 2.00 bits per heavy atom. The van der Waals surface area contributed by atoms with Gasteiger partial charge in [-0.15, -0.1) is 11.3 Å². The van der Waals surface area contributed by atoms with Crippen molar-refractivity contribution < 1.29 is 14.7 Å². The zero-order valence-electron chi connectivity index (χ0n) is 10.2. The highest BCUT2D eigenvalue weighted by Gasteiger charge is 2.18. The quantitative estimate of drug-likeness (QED) is 0.835. The summed E-state index contributed by atoms with van der Waals surface area (Å²) in [6.45, 7) is 1.78. The molecular weight excluding hydrogens is 366 g/mol. The number of amides is 1. The molecule has 104 valence electrons. The molecule has 0 radical (unpaired) electrons. The SMILES string of the molecule is Cc1cc(C(=O)O)c(NC(=O)c2ccc(Cl)cc2Br)s1. The highest BCUT2D eigenvalue weighted by molar-refractivity contribution is 9.10. The number of aryl methyl sites for hydroxylation is 1. The first-order valence-corrected chi connectivity index (χ1v) is 7.47. The molecule has 0 spiro atoms. The summed E-state index contributed by atoms with van der Waals surface area (Å²) in [7, 11) is 0. The van der Waals surface area contributed by atoms with Gasteiger partial charge in [0.1, 0.15) is 5.00 Å². The Bertz CT molecular complexity index is 699. The first kappa shape index (κ1) is 15.0. The third kappa shape index (κ3) is 3.20. The summed E-state index contributed by atoms with van der Waals surface area (Å²) in [5.41, 5.74) is 0.475. The topological polar surface area (TPSA) is 66.4 Å². The fourth-order valence-corrected chi connectivity index (χ4v) is 3.37. The van der Waals surface area contributed by atoms with Crippen molar-refractivity contribution in [2.45, 2.75) is 6.92 Å². The number of nitrogens with one attached hydrogen (secondary N) is 1. The molecule has 1 amide bonds. The minimum Gasteiger partial charge on any atom is -0.478 e. The number of carboxylic acids is 1. The molecule has 0 bridgehead atoms. The maximum Gasteiger partial charge on any atom is 0.338 e. The van der Waals surface area contributed by atoms with Crippen LogP contribution in [0.3, 0.4) is 0 Å². The van der Waals surface area contributed by atoms with Crippen LogP contribution in [0, 0.1) is 6.92 Å². The molecule has 0 saturated heterocycles. The lowest BCUT2D eigenvalue weighted by atomic mass is 10.2. The monoisotopic (exact) mass is 373 g/mol. The Hall–Kier alpha value is -1.37. The number of hydrogen-bond donors (Lipinski definition) is 2. The van der Waals surface area contributed by atoms with E-state index < -0.39 is 11.9 Å². The van der Waals surface area contributed by atoms with Gasteiger partial charge in [-0.05, 0) is 47.1 Å². The zero-order chi connectivity index (χ0) is 14.9. The molecule has 2 aromatic rings. The first-order chi connectivity index (χ1) is 9.38. The fourth-order valence-electron chi connectivity index (χ4n) is 1.61. The molecule has 0 saturated carbocycles. The summed E-state index contributed by atoms with van der Waals surface area (Å²) in [5, 5.41) is 12.5. The Labute approximate surface area is 132 Å². The van der Waals surface area contributed by atoms with Gasteiger partial charge < -0.3 is 10.4 Å². The Morgan fingerprint density at radius 1 is 1.30 bits per heavy atom. The number of benzene rings is 1. The number of carbonyl (C=O) groups is 2. The normalized spacial score (nSPS) is 10.3. The maximum atomic E-state index is 12.2. The molecule has 2 N–H and O–H groups in total. The lowest BCUT2D eigenvalue weighted by molar-refractivity contribution is 0.0698. The van der Waals surface area contributed by atoms with Crippen molar-refractivity contribution in [1.29, 1.82) is 0 Å². The van der Waals surface area contributed by atoms with E-state index in [1.807, 2.05) is 0 Å². The van der Waals surface area contributed by atoms with Crippen molar-refractivity contribution in [3.05, 3.63) is 49.8 Å². The van der Waals surface area contributed by atoms with Gasteiger partial charge in [0.05, 0.1) is 11.1 Å². The lowest BCUT2D eigenvalue weighted by Crippen LogP contribution is -2.13. The van der Waals surface area contributed by atoms with Crippen LogP contribution in [0.2, 0.25) is 5.02 Å². The number of thiophene rings is 1. The largest absolute Gasteiger partial charge is 0.478 e. The molecule has 0 aliphatic rings. The van der Waals surface area contributed by atoms with E-state index in [0.29, 0.717) is 20.1 Å². The van der Waals surface area contributed by atoms with Gasteiger partial charge in [0.15, 0.2) is 0 Å². The summed E-state index contributed by atoms with van der Waals surface area (Å²) in [6.07, 6.45) is 0.